The fraction of sp³-hybridized carbons (Fsp3) is 0.240. The zero-order valence-corrected chi connectivity index (χ0v) is 20.8. The van der Waals surface area contributed by atoms with Gasteiger partial charge >= 0.3 is 0 Å². The Labute approximate surface area is 205 Å². The maximum atomic E-state index is 13.4. The first-order valence-electron chi connectivity index (χ1n) is 10.6. The molecule has 34 heavy (non-hydrogen) atoms. The van der Waals surface area contributed by atoms with Crippen molar-refractivity contribution in [2.45, 2.75) is 24.3 Å². The van der Waals surface area contributed by atoms with Crippen LogP contribution in [0, 0.1) is 0 Å². The third kappa shape index (κ3) is 5.81. The van der Waals surface area contributed by atoms with Crippen molar-refractivity contribution in [3.8, 4) is 11.5 Å². The van der Waals surface area contributed by atoms with Gasteiger partial charge in [0.25, 0.3) is 10.0 Å². The molecule has 3 aromatic rings. The van der Waals surface area contributed by atoms with Gasteiger partial charge in [-0.1, -0.05) is 48.9 Å². The van der Waals surface area contributed by atoms with Crippen LogP contribution in [0.1, 0.15) is 24.9 Å². The second kappa shape index (κ2) is 11.3. The molecule has 180 valence electrons. The molecule has 0 aliphatic carbocycles. The molecule has 0 saturated heterocycles. The first kappa shape index (κ1) is 25.4. The summed E-state index contributed by atoms with van der Waals surface area (Å²) in [7, 11) is -0.925. The van der Waals surface area contributed by atoms with Gasteiger partial charge in [0.2, 0.25) is 5.91 Å². The summed E-state index contributed by atoms with van der Waals surface area (Å²) in [5, 5.41) is 3.30. The normalized spacial score (nSPS) is 12.0. The molecule has 1 amide bonds. The average molecular weight is 503 g/mol. The lowest BCUT2D eigenvalue weighted by atomic mass is 10.0. The third-order valence-corrected chi connectivity index (χ3v) is 7.29. The molecular weight excluding hydrogens is 476 g/mol. The number of halogens is 1. The number of hydrogen-bond acceptors (Lipinski definition) is 5. The number of carbonyl (C=O) groups excluding carboxylic acids is 1. The number of ether oxygens (including phenoxy) is 2. The molecule has 0 heterocycles. The summed E-state index contributed by atoms with van der Waals surface area (Å²) in [4.78, 5) is 13.2. The van der Waals surface area contributed by atoms with E-state index in [-0.39, 0.29) is 10.9 Å². The molecule has 1 atom stereocenters. The molecule has 0 spiro atoms. The van der Waals surface area contributed by atoms with Crippen LogP contribution in [-0.4, -0.2) is 35.1 Å². The Morgan fingerprint density at radius 1 is 0.971 bits per heavy atom. The number of amides is 1. The number of hydrogen-bond donors (Lipinski definition) is 1. The molecule has 3 rings (SSSR count). The lowest BCUT2D eigenvalue weighted by molar-refractivity contribution is -0.120. The van der Waals surface area contributed by atoms with Crippen LogP contribution in [0.25, 0.3) is 0 Å². The minimum atomic E-state index is -4.02. The first-order chi connectivity index (χ1) is 16.3. The highest BCUT2D eigenvalue weighted by atomic mass is 35.5. The minimum Gasteiger partial charge on any atom is -0.493 e. The van der Waals surface area contributed by atoms with Crippen LogP contribution in [0.2, 0.25) is 5.02 Å². The summed E-state index contributed by atoms with van der Waals surface area (Å²) in [6.45, 7) is 1.51. The average Bonchev–Trinajstić information content (AvgIpc) is 2.85. The number of sulfonamides is 1. The van der Waals surface area contributed by atoms with Crippen LogP contribution < -0.4 is 19.1 Å². The van der Waals surface area contributed by atoms with Crippen molar-refractivity contribution < 1.29 is 22.7 Å². The smallest absolute Gasteiger partial charge is 0.264 e. The van der Waals surface area contributed by atoms with Crippen molar-refractivity contribution in [3.63, 3.8) is 0 Å². The monoisotopic (exact) mass is 502 g/mol. The maximum absolute atomic E-state index is 13.4. The molecule has 0 fully saturated rings. The van der Waals surface area contributed by atoms with E-state index >= 15 is 0 Å². The van der Waals surface area contributed by atoms with E-state index in [1.807, 2.05) is 13.0 Å². The predicted molar refractivity (Wildman–Crippen MR) is 133 cm³/mol. The highest BCUT2D eigenvalue weighted by Gasteiger charge is 2.28. The van der Waals surface area contributed by atoms with Crippen LogP contribution in [-0.2, 0) is 14.8 Å². The highest BCUT2D eigenvalue weighted by molar-refractivity contribution is 7.92. The number of carbonyl (C=O) groups is 1. The molecule has 0 saturated carbocycles. The summed E-state index contributed by atoms with van der Waals surface area (Å²) in [5.41, 5.74) is 1.11. The van der Waals surface area contributed by atoms with E-state index in [2.05, 4.69) is 5.32 Å². The van der Waals surface area contributed by atoms with E-state index in [9.17, 15) is 13.2 Å². The number of nitrogens with zero attached hydrogens (tertiary/aromatic N) is 1. The van der Waals surface area contributed by atoms with Crippen molar-refractivity contribution in [1.82, 2.24) is 5.32 Å². The number of anilines is 1. The van der Waals surface area contributed by atoms with Gasteiger partial charge < -0.3 is 14.8 Å². The Kier molecular flexibility index (Phi) is 8.41. The topological polar surface area (TPSA) is 84.9 Å². The lowest BCUT2D eigenvalue weighted by Gasteiger charge is -2.26. The van der Waals surface area contributed by atoms with Gasteiger partial charge in [0.15, 0.2) is 11.5 Å². The highest BCUT2D eigenvalue weighted by Crippen LogP contribution is 2.31. The summed E-state index contributed by atoms with van der Waals surface area (Å²) in [5.74, 6) is 0.662. The van der Waals surface area contributed by atoms with E-state index in [4.69, 9.17) is 21.1 Å². The number of methoxy groups -OCH3 is 2. The molecule has 0 aliphatic rings. The van der Waals surface area contributed by atoms with Crippen molar-refractivity contribution in [2.75, 3.05) is 25.1 Å². The number of rotatable bonds is 10. The van der Waals surface area contributed by atoms with E-state index < -0.39 is 22.5 Å². The van der Waals surface area contributed by atoms with E-state index in [0.717, 1.165) is 9.87 Å². The standard InChI is InChI=1S/C25H27ClN2O5S/c1-4-22(18-13-14-23(32-2)24(15-18)33-3)27-25(29)17-28(20-10-8-9-19(26)16-20)34(30,31)21-11-6-5-7-12-21/h5-16,22H,4,17H2,1-3H3,(H,27,29). The molecule has 1 N–H and O–H groups in total. The van der Waals surface area contributed by atoms with Crippen LogP contribution in [0.15, 0.2) is 77.7 Å². The van der Waals surface area contributed by atoms with E-state index in [1.54, 1.807) is 62.8 Å². The van der Waals surface area contributed by atoms with Gasteiger partial charge in [0.05, 0.1) is 30.8 Å². The lowest BCUT2D eigenvalue weighted by Crippen LogP contribution is -2.42. The zero-order valence-electron chi connectivity index (χ0n) is 19.2. The summed E-state index contributed by atoms with van der Waals surface area (Å²) in [6, 6.07) is 19.4. The fourth-order valence-electron chi connectivity index (χ4n) is 3.53. The second-order valence-corrected chi connectivity index (χ2v) is 9.75. The maximum Gasteiger partial charge on any atom is 0.264 e. The largest absolute Gasteiger partial charge is 0.493 e. The molecule has 3 aromatic carbocycles. The molecular formula is C25H27ClN2O5S. The Hall–Kier alpha value is -3.23. The van der Waals surface area contributed by atoms with Crippen molar-refractivity contribution in [3.05, 3.63) is 83.4 Å². The Morgan fingerprint density at radius 2 is 1.68 bits per heavy atom. The van der Waals surface area contributed by atoms with E-state index in [0.29, 0.717) is 28.6 Å². The van der Waals surface area contributed by atoms with Crippen LogP contribution in [0.4, 0.5) is 5.69 Å². The SMILES string of the molecule is CCC(NC(=O)CN(c1cccc(Cl)c1)S(=O)(=O)c1ccccc1)c1ccc(OC)c(OC)c1. The Bertz CT molecular complexity index is 1240. The number of benzene rings is 3. The predicted octanol–water partition coefficient (Wildman–Crippen LogP) is 4.82. The minimum absolute atomic E-state index is 0.0784. The Balaban J connectivity index is 1.90. The zero-order chi connectivity index (χ0) is 24.7. The third-order valence-electron chi connectivity index (χ3n) is 5.27. The first-order valence-corrected chi connectivity index (χ1v) is 12.5. The van der Waals surface area contributed by atoms with Gasteiger partial charge in [-0.05, 0) is 54.4 Å². The Morgan fingerprint density at radius 3 is 2.29 bits per heavy atom. The van der Waals surface area contributed by atoms with Crippen LogP contribution in [0.3, 0.4) is 0 Å². The van der Waals surface area contributed by atoms with Gasteiger partial charge in [0, 0.05) is 5.02 Å². The van der Waals surface area contributed by atoms with E-state index in [1.165, 1.54) is 18.2 Å². The molecule has 1 unspecified atom stereocenters. The number of nitrogens with one attached hydrogen (secondary N) is 1. The fourth-order valence-corrected chi connectivity index (χ4v) is 5.15. The van der Waals surface area contributed by atoms with Crippen molar-refractivity contribution >= 4 is 33.2 Å². The van der Waals surface area contributed by atoms with Crippen molar-refractivity contribution in [2.24, 2.45) is 0 Å². The summed E-state index contributed by atoms with van der Waals surface area (Å²) >= 11 is 6.12. The quantitative estimate of drug-likeness (QED) is 0.429. The molecule has 0 aliphatic heterocycles. The van der Waals surface area contributed by atoms with Crippen molar-refractivity contribution in [1.29, 1.82) is 0 Å². The van der Waals surface area contributed by atoms with Gasteiger partial charge in [-0.15, -0.1) is 0 Å². The van der Waals surface area contributed by atoms with Gasteiger partial charge in [0.1, 0.15) is 6.54 Å². The van der Waals surface area contributed by atoms with Gasteiger partial charge in [-0.2, -0.15) is 0 Å². The van der Waals surface area contributed by atoms with Gasteiger partial charge in [-0.3, -0.25) is 9.10 Å². The summed E-state index contributed by atoms with van der Waals surface area (Å²) in [6.07, 6.45) is 0.587. The molecule has 0 bridgehead atoms. The molecule has 9 heteroatoms. The molecule has 0 aromatic heterocycles. The second-order valence-electron chi connectivity index (χ2n) is 7.45. The molecule has 0 radical (unpaired) electrons. The molecule has 7 nitrogen and oxygen atoms in total. The van der Waals surface area contributed by atoms with Gasteiger partial charge in [-0.25, -0.2) is 8.42 Å². The van der Waals surface area contributed by atoms with Crippen LogP contribution in [0.5, 0.6) is 11.5 Å². The summed E-state index contributed by atoms with van der Waals surface area (Å²) < 4.78 is 38.6. The van der Waals surface area contributed by atoms with Crippen LogP contribution >= 0.6 is 11.6 Å².